The Balaban J connectivity index is 2.23. The summed E-state index contributed by atoms with van der Waals surface area (Å²) in [5.74, 6) is 2.69. The quantitative estimate of drug-likeness (QED) is 0.732. The lowest BCUT2D eigenvalue weighted by Crippen LogP contribution is -2.28. The van der Waals surface area contributed by atoms with Gasteiger partial charge in [0.1, 0.15) is 5.75 Å². The van der Waals surface area contributed by atoms with E-state index in [-0.39, 0.29) is 18.2 Å². The molecule has 2 aromatic rings. The molecule has 0 aliphatic heterocycles. The van der Waals surface area contributed by atoms with Crippen molar-refractivity contribution in [3.05, 3.63) is 35.4 Å². The number of amides is 1. The average Bonchev–Trinajstić information content (AvgIpc) is 2.53. The minimum absolute atomic E-state index is 0.0433. The van der Waals surface area contributed by atoms with Crippen molar-refractivity contribution in [1.82, 2.24) is 15.5 Å². The lowest BCUT2D eigenvalue weighted by atomic mass is 10.0. The maximum absolute atomic E-state index is 11.7. The van der Waals surface area contributed by atoms with E-state index >= 15 is 0 Å². The van der Waals surface area contributed by atoms with E-state index in [4.69, 9.17) is 6.42 Å². The lowest BCUT2D eigenvalue weighted by Gasteiger charge is -2.09. The first-order valence-electron chi connectivity index (χ1n) is 7.20. The second kappa shape index (κ2) is 7.38. The number of hydrogen-bond donors (Lipinski definition) is 3. The molecule has 1 aromatic heterocycles. The number of aryl methyl sites for hydroxylation is 1. The SMILES string of the molecule is C#Cc1ccc(-c2nnc(NC(=O)CNCC)cc2C)c(O)c1. The van der Waals surface area contributed by atoms with Gasteiger partial charge in [0.25, 0.3) is 0 Å². The van der Waals surface area contributed by atoms with E-state index in [0.29, 0.717) is 29.2 Å². The number of terminal acetylenes is 1. The maximum atomic E-state index is 11.7. The molecule has 0 radical (unpaired) electrons. The van der Waals surface area contributed by atoms with Crippen LogP contribution in [-0.4, -0.2) is 34.3 Å². The molecule has 1 amide bonds. The van der Waals surface area contributed by atoms with Gasteiger partial charge in [-0.15, -0.1) is 16.6 Å². The van der Waals surface area contributed by atoms with Crippen LogP contribution in [0, 0.1) is 19.3 Å². The minimum Gasteiger partial charge on any atom is -0.507 e. The third-order valence-electron chi connectivity index (χ3n) is 3.21. The molecular formula is C17H18N4O2. The third kappa shape index (κ3) is 4.05. The first kappa shape index (κ1) is 16.5. The molecule has 0 spiro atoms. The second-order valence-corrected chi connectivity index (χ2v) is 4.97. The van der Waals surface area contributed by atoms with Gasteiger partial charge < -0.3 is 15.7 Å². The van der Waals surface area contributed by atoms with Crippen LogP contribution in [0.2, 0.25) is 0 Å². The normalized spacial score (nSPS) is 10.1. The molecule has 0 saturated heterocycles. The van der Waals surface area contributed by atoms with Gasteiger partial charge in [-0.05, 0) is 43.3 Å². The van der Waals surface area contributed by atoms with Crippen molar-refractivity contribution < 1.29 is 9.90 Å². The fourth-order valence-electron chi connectivity index (χ4n) is 2.06. The van der Waals surface area contributed by atoms with E-state index in [9.17, 15) is 9.90 Å². The number of rotatable bonds is 5. The highest BCUT2D eigenvalue weighted by Crippen LogP contribution is 2.30. The summed E-state index contributed by atoms with van der Waals surface area (Å²) in [6, 6.07) is 6.64. The van der Waals surface area contributed by atoms with Crippen molar-refractivity contribution in [2.75, 3.05) is 18.4 Å². The summed E-state index contributed by atoms with van der Waals surface area (Å²) >= 11 is 0. The fraction of sp³-hybridized carbons (Fsp3) is 0.235. The van der Waals surface area contributed by atoms with E-state index in [1.807, 2.05) is 13.8 Å². The van der Waals surface area contributed by atoms with E-state index in [0.717, 1.165) is 5.56 Å². The number of hydrogen-bond acceptors (Lipinski definition) is 5. The number of carbonyl (C=O) groups is 1. The average molecular weight is 310 g/mol. The zero-order valence-corrected chi connectivity index (χ0v) is 13.1. The van der Waals surface area contributed by atoms with Gasteiger partial charge >= 0.3 is 0 Å². The minimum atomic E-state index is -0.186. The van der Waals surface area contributed by atoms with E-state index in [1.165, 1.54) is 6.07 Å². The van der Waals surface area contributed by atoms with E-state index in [1.54, 1.807) is 18.2 Å². The summed E-state index contributed by atoms with van der Waals surface area (Å²) in [5.41, 5.74) is 2.45. The summed E-state index contributed by atoms with van der Waals surface area (Å²) in [6.07, 6.45) is 5.30. The van der Waals surface area contributed by atoms with Gasteiger partial charge in [-0.3, -0.25) is 4.79 Å². The fourth-order valence-corrected chi connectivity index (χ4v) is 2.06. The van der Waals surface area contributed by atoms with Crippen LogP contribution in [0.4, 0.5) is 5.82 Å². The Kier molecular flexibility index (Phi) is 5.28. The molecule has 6 heteroatoms. The Hall–Kier alpha value is -2.91. The molecule has 0 bridgehead atoms. The van der Waals surface area contributed by atoms with Gasteiger partial charge in [0.05, 0.1) is 12.2 Å². The molecule has 23 heavy (non-hydrogen) atoms. The topological polar surface area (TPSA) is 87.1 Å². The van der Waals surface area contributed by atoms with Gasteiger partial charge in [-0.25, -0.2) is 0 Å². The summed E-state index contributed by atoms with van der Waals surface area (Å²) in [4.78, 5) is 11.7. The van der Waals surface area contributed by atoms with Crippen LogP contribution in [0.15, 0.2) is 24.3 Å². The standard InChI is InChI=1S/C17H18N4O2/c1-4-12-6-7-13(14(22)9-12)17-11(3)8-15(20-21-17)19-16(23)10-18-5-2/h1,6-9,18,22H,5,10H2,2-3H3,(H,19,20,23). The predicted octanol–water partition coefficient (Wildman–Crippen LogP) is 1.69. The number of aromatic nitrogens is 2. The van der Waals surface area contributed by atoms with E-state index < -0.39 is 0 Å². The van der Waals surface area contributed by atoms with Gasteiger partial charge in [0.15, 0.2) is 5.82 Å². The number of likely N-dealkylation sites (N-methyl/N-ethyl adjacent to an activating group) is 1. The molecule has 0 fully saturated rings. The highest BCUT2D eigenvalue weighted by molar-refractivity contribution is 5.91. The first-order valence-corrected chi connectivity index (χ1v) is 7.20. The second-order valence-electron chi connectivity index (χ2n) is 4.97. The van der Waals surface area contributed by atoms with Crippen LogP contribution in [0.3, 0.4) is 0 Å². The molecule has 2 rings (SSSR count). The zero-order valence-electron chi connectivity index (χ0n) is 13.1. The third-order valence-corrected chi connectivity index (χ3v) is 3.21. The number of phenolic OH excluding ortho intramolecular Hbond substituents is 1. The van der Waals surface area contributed by atoms with Crippen LogP contribution < -0.4 is 10.6 Å². The lowest BCUT2D eigenvalue weighted by molar-refractivity contribution is -0.115. The van der Waals surface area contributed by atoms with Crippen LogP contribution in [-0.2, 0) is 4.79 Å². The summed E-state index contributed by atoms with van der Waals surface area (Å²) in [7, 11) is 0. The molecule has 3 N–H and O–H groups in total. The number of carbonyl (C=O) groups excluding carboxylic acids is 1. The smallest absolute Gasteiger partial charge is 0.239 e. The van der Waals surface area contributed by atoms with Crippen molar-refractivity contribution in [3.63, 3.8) is 0 Å². The number of nitrogens with one attached hydrogen (secondary N) is 2. The Morgan fingerprint density at radius 3 is 2.74 bits per heavy atom. The number of aromatic hydroxyl groups is 1. The van der Waals surface area contributed by atoms with Gasteiger partial charge in [-0.1, -0.05) is 12.8 Å². The predicted molar refractivity (Wildman–Crippen MR) is 89.0 cm³/mol. The summed E-state index contributed by atoms with van der Waals surface area (Å²) < 4.78 is 0. The molecular weight excluding hydrogens is 292 g/mol. The van der Waals surface area contributed by atoms with Crippen molar-refractivity contribution in [2.45, 2.75) is 13.8 Å². The van der Waals surface area contributed by atoms with Gasteiger partial charge in [0.2, 0.25) is 5.91 Å². The number of benzene rings is 1. The molecule has 0 aliphatic carbocycles. The van der Waals surface area contributed by atoms with Gasteiger partial charge in [0, 0.05) is 11.1 Å². The Morgan fingerprint density at radius 2 is 2.13 bits per heavy atom. The summed E-state index contributed by atoms with van der Waals surface area (Å²) in [6.45, 7) is 4.68. The van der Waals surface area contributed by atoms with E-state index in [2.05, 4.69) is 26.8 Å². The van der Waals surface area contributed by atoms with Crippen LogP contribution in [0.1, 0.15) is 18.1 Å². The van der Waals surface area contributed by atoms with Crippen LogP contribution in [0.25, 0.3) is 11.3 Å². The van der Waals surface area contributed by atoms with Crippen LogP contribution >= 0.6 is 0 Å². The number of nitrogens with zero attached hydrogens (tertiary/aromatic N) is 2. The first-order chi connectivity index (χ1) is 11.0. The molecule has 0 unspecified atom stereocenters. The molecule has 0 saturated carbocycles. The highest BCUT2D eigenvalue weighted by atomic mass is 16.3. The van der Waals surface area contributed by atoms with Crippen molar-refractivity contribution in [3.8, 4) is 29.4 Å². The molecule has 1 heterocycles. The molecule has 0 aliphatic rings. The highest BCUT2D eigenvalue weighted by Gasteiger charge is 2.12. The Bertz CT molecular complexity index is 766. The van der Waals surface area contributed by atoms with Crippen LogP contribution in [0.5, 0.6) is 5.75 Å². The maximum Gasteiger partial charge on any atom is 0.239 e. The van der Waals surface area contributed by atoms with Crippen molar-refractivity contribution >= 4 is 11.7 Å². The number of phenols is 1. The molecule has 118 valence electrons. The Labute approximate surface area is 135 Å². The molecule has 1 aromatic carbocycles. The van der Waals surface area contributed by atoms with Crippen molar-refractivity contribution in [1.29, 1.82) is 0 Å². The van der Waals surface area contributed by atoms with Crippen molar-refractivity contribution in [2.24, 2.45) is 0 Å². The number of anilines is 1. The molecule has 6 nitrogen and oxygen atoms in total. The zero-order chi connectivity index (χ0) is 16.8. The Morgan fingerprint density at radius 1 is 1.35 bits per heavy atom. The molecule has 0 atom stereocenters. The largest absolute Gasteiger partial charge is 0.507 e. The monoisotopic (exact) mass is 310 g/mol. The summed E-state index contributed by atoms with van der Waals surface area (Å²) in [5, 5.41) is 23.8. The van der Waals surface area contributed by atoms with Gasteiger partial charge in [-0.2, -0.15) is 0 Å².